The number of aliphatic carboxylic acids is 1. The van der Waals surface area contributed by atoms with Crippen LogP contribution in [0.2, 0.25) is 5.02 Å². The van der Waals surface area contributed by atoms with Gasteiger partial charge in [0.1, 0.15) is 11.1 Å². The fourth-order valence-electron chi connectivity index (χ4n) is 5.75. The maximum absolute atomic E-state index is 14.2. The number of carbonyl (C=O) groups is 3. The molecule has 268 valence electrons. The summed E-state index contributed by atoms with van der Waals surface area (Å²) in [5, 5.41) is 25.5. The number of carboxylic acid groups (broad SMARTS) is 1. The summed E-state index contributed by atoms with van der Waals surface area (Å²) in [7, 11) is 0.728. The molecule has 0 spiro atoms. The highest BCUT2D eigenvalue weighted by Gasteiger charge is 2.64. The summed E-state index contributed by atoms with van der Waals surface area (Å²) in [5.74, 6) is -10.9. The van der Waals surface area contributed by atoms with E-state index in [0.29, 0.717) is 4.68 Å². The van der Waals surface area contributed by atoms with Crippen LogP contribution in [0.3, 0.4) is 0 Å². The first-order valence-electron chi connectivity index (χ1n) is 14.8. The van der Waals surface area contributed by atoms with E-state index in [2.05, 4.69) is 10.2 Å². The Bertz CT molecular complexity index is 1870. The minimum Gasteiger partial charge on any atom is -0.481 e. The number of carbonyl (C=O) groups excluding carboxylic acids is 2. The maximum atomic E-state index is 14.2. The Morgan fingerprint density at radius 2 is 1.68 bits per heavy atom. The van der Waals surface area contributed by atoms with E-state index in [4.69, 9.17) is 16.3 Å². The van der Waals surface area contributed by atoms with Crippen molar-refractivity contribution >= 4 is 29.4 Å². The van der Waals surface area contributed by atoms with Crippen LogP contribution in [0.15, 0.2) is 30.6 Å². The number of esters is 1. The molecule has 11 nitrogen and oxygen atoms in total. The van der Waals surface area contributed by atoms with Crippen LogP contribution in [0.4, 0.5) is 35.1 Å². The monoisotopic (exact) mass is 736 g/mol. The van der Waals surface area contributed by atoms with Gasteiger partial charge in [0, 0.05) is 18.8 Å². The van der Waals surface area contributed by atoms with Crippen molar-refractivity contribution in [3.05, 3.63) is 52.4 Å². The van der Waals surface area contributed by atoms with Crippen LogP contribution < -0.4 is 0 Å². The Morgan fingerprint density at radius 3 is 2.22 bits per heavy atom. The van der Waals surface area contributed by atoms with Crippen LogP contribution in [0.1, 0.15) is 60.1 Å². The molecule has 0 saturated heterocycles. The molecule has 2 fully saturated rings. The number of halogens is 9. The lowest BCUT2D eigenvalue weighted by Crippen LogP contribution is -2.44. The summed E-state index contributed by atoms with van der Waals surface area (Å²) in [6, 6.07) is 5.79. The SMILES string of the molecule is Cn1nc(C(F)(F)C(F)(F)F)c(C(F)(F)F)c1-n1cc(-c2ccc(Cl)c(C(=O)N(COC(=O)C3CCC(C(=O)O)CC3)C3(C#N)CC3)c2)cn1. The molecule has 1 aromatic carbocycles. The van der Waals surface area contributed by atoms with Gasteiger partial charge in [-0.15, -0.1) is 0 Å². The Kier molecular flexibility index (Phi) is 9.40. The number of aromatic nitrogens is 4. The first kappa shape index (κ1) is 36.5. The molecule has 2 aliphatic carbocycles. The number of ether oxygens (including phenoxy) is 1. The van der Waals surface area contributed by atoms with Crippen molar-refractivity contribution < 1.29 is 59.4 Å². The highest BCUT2D eigenvalue weighted by Crippen LogP contribution is 2.49. The lowest BCUT2D eigenvalue weighted by Gasteiger charge is -2.29. The van der Waals surface area contributed by atoms with Crippen LogP contribution in [-0.4, -0.2) is 65.9 Å². The van der Waals surface area contributed by atoms with Gasteiger partial charge in [0.05, 0.1) is 34.7 Å². The third-order valence-corrected chi connectivity index (χ3v) is 9.05. The van der Waals surface area contributed by atoms with Gasteiger partial charge in [-0.1, -0.05) is 17.7 Å². The lowest BCUT2D eigenvalue weighted by atomic mass is 9.82. The van der Waals surface area contributed by atoms with E-state index in [1.807, 2.05) is 6.07 Å². The van der Waals surface area contributed by atoms with Crippen molar-refractivity contribution in [1.29, 1.82) is 5.26 Å². The number of nitrogens with zero attached hydrogens (tertiary/aromatic N) is 6. The van der Waals surface area contributed by atoms with Gasteiger partial charge in [-0.25, -0.2) is 9.36 Å². The largest absolute Gasteiger partial charge is 0.481 e. The smallest absolute Gasteiger partial charge is 0.459 e. The number of alkyl halides is 8. The molecule has 5 rings (SSSR count). The molecule has 0 radical (unpaired) electrons. The average Bonchev–Trinajstić information content (AvgIpc) is 3.51. The summed E-state index contributed by atoms with van der Waals surface area (Å²) >= 11 is 6.33. The number of rotatable bonds is 9. The molecule has 50 heavy (non-hydrogen) atoms. The average molecular weight is 737 g/mol. The first-order chi connectivity index (χ1) is 23.2. The summed E-state index contributed by atoms with van der Waals surface area (Å²) in [6.45, 7) is -0.645. The highest BCUT2D eigenvalue weighted by atomic mass is 35.5. The van der Waals surface area contributed by atoms with E-state index in [9.17, 15) is 59.9 Å². The van der Waals surface area contributed by atoms with Crippen molar-refractivity contribution in [2.24, 2.45) is 18.9 Å². The molecule has 0 aliphatic heterocycles. The van der Waals surface area contributed by atoms with E-state index in [1.54, 1.807) is 0 Å². The molecule has 0 unspecified atom stereocenters. The molecule has 2 heterocycles. The molecule has 2 saturated carbocycles. The molecule has 0 atom stereocenters. The molecule has 0 bridgehead atoms. The molecule has 2 aliphatic rings. The number of aryl methyl sites for hydroxylation is 1. The third-order valence-electron chi connectivity index (χ3n) is 8.72. The zero-order chi connectivity index (χ0) is 37.0. The number of carboxylic acids is 1. The van der Waals surface area contributed by atoms with E-state index in [1.165, 1.54) is 18.2 Å². The predicted octanol–water partition coefficient (Wildman–Crippen LogP) is 6.49. The van der Waals surface area contributed by atoms with E-state index in [0.717, 1.165) is 24.3 Å². The van der Waals surface area contributed by atoms with E-state index >= 15 is 0 Å². The quantitative estimate of drug-likeness (QED) is 0.149. The predicted molar refractivity (Wildman–Crippen MR) is 154 cm³/mol. The molecule has 3 aromatic rings. The van der Waals surface area contributed by atoms with Gasteiger partial charge >= 0.3 is 30.2 Å². The number of amides is 1. The minimum absolute atomic E-state index is 0.0227. The molecule has 1 N–H and O–H groups in total. The van der Waals surface area contributed by atoms with E-state index in [-0.39, 0.29) is 64.9 Å². The standard InChI is InChI=1S/C30H25ClF8N6O5/c1-43-23(21(29(34,35)36)22(42-43)28(32,33)30(37,38)39)45-12-18(11-41-45)17-6-7-20(31)19(10-17)24(46)44(27(13-40)8-9-27)14-50-26(49)16-4-2-15(3-5-16)25(47)48/h6-7,10-12,15-16H,2-5,8-9,14H2,1H3,(H,47,48). The summed E-state index contributed by atoms with van der Waals surface area (Å²) < 4.78 is 115. The van der Waals surface area contributed by atoms with Gasteiger partial charge in [-0.05, 0) is 56.2 Å². The van der Waals surface area contributed by atoms with Gasteiger partial charge in [-0.3, -0.25) is 19.3 Å². The second kappa shape index (κ2) is 12.9. The topological polar surface area (TPSA) is 143 Å². The number of benzene rings is 1. The Morgan fingerprint density at radius 1 is 1.06 bits per heavy atom. The number of nitriles is 1. The molecule has 1 amide bonds. The molecular weight excluding hydrogens is 712 g/mol. The highest BCUT2D eigenvalue weighted by molar-refractivity contribution is 6.34. The summed E-state index contributed by atoms with van der Waals surface area (Å²) in [6.07, 6.45) is -8.75. The van der Waals surface area contributed by atoms with Crippen molar-refractivity contribution in [3.8, 4) is 23.0 Å². The second-order valence-electron chi connectivity index (χ2n) is 12.0. The Balaban J connectivity index is 1.43. The zero-order valence-electron chi connectivity index (χ0n) is 25.7. The van der Waals surface area contributed by atoms with Crippen LogP contribution in [0.25, 0.3) is 16.9 Å². The first-order valence-corrected chi connectivity index (χ1v) is 15.2. The van der Waals surface area contributed by atoms with Gasteiger partial charge in [0.25, 0.3) is 5.91 Å². The van der Waals surface area contributed by atoms with E-state index < -0.39 is 77.3 Å². The van der Waals surface area contributed by atoms with Gasteiger partial charge in [0.2, 0.25) is 0 Å². The maximum Gasteiger partial charge on any atom is 0.459 e. The van der Waals surface area contributed by atoms with Gasteiger partial charge < -0.3 is 9.84 Å². The third kappa shape index (κ3) is 6.72. The van der Waals surface area contributed by atoms with Crippen molar-refractivity contribution in [3.63, 3.8) is 0 Å². The normalized spacial score (nSPS) is 19.1. The van der Waals surface area contributed by atoms with Crippen LogP contribution in [0, 0.1) is 23.2 Å². The summed E-state index contributed by atoms with van der Waals surface area (Å²) in [5.41, 5.74) is -6.42. The van der Waals surface area contributed by atoms with Gasteiger partial charge in [0.15, 0.2) is 18.2 Å². The lowest BCUT2D eigenvalue weighted by molar-refractivity contribution is -0.292. The van der Waals surface area contributed by atoms with Crippen LogP contribution in [0.5, 0.6) is 0 Å². The number of hydrogen-bond acceptors (Lipinski definition) is 7. The fourth-order valence-corrected chi connectivity index (χ4v) is 5.95. The van der Waals surface area contributed by atoms with Crippen LogP contribution in [-0.2, 0) is 33.5 Å². The molecule has 20 heteroatoms. The minimum atomic E-state index is -6.39. The zero-order valence-corrected chi connectivity index (χ0v) is 26.4. The number of hydrogen-bond donors (Lipinski definition) is 1. The fraction of sp³-hybridized carbons (Fsp3) is 0.467. The van der Waals surface area contributed by atoms with Crippen molar-refractivity contribution in [2.75, 3.05) is 6.73 Å². The van der Waals surface area contributed by atoms with Crippen molar-refractivity contribution in [1.82, 2.24) is 24.5 Å². The van der Waals surface area contributed by atoms with Gasteiger partial charge in [-0.2, -0.15) is 50.6 Å². The van der Waals surface area contributed by atoms with Crippen LogP contribution >= 0.6 is 11.6 Å². The van der Waals surface area contributed by atoms with Crippen molar-refractivity contribution in [2.45, 2.75) is 62.3 Å². The molecule has 2 aromatic heterocycles. The Labute approximate surface area is 281 Å². The summed E-state index contributed by atoms with van der Waals surface area (Å²) in [4.78, 5) is 38.9. The second-order valence-corrected chi connectivity index (χ2v) is 12.4. The molecular formula is C30H25ClF8N6O5. The Hall–Kier alpha value is -4.73.